The lowest BCUT2D eigenvalue weighted by molar-refractivity contribution is 0.790. The largest absolute Gasteiger partial charge is 0.303 e. The zero-order valence-electron chi connectivity index (χ0n) is 13.1. The van der Waals surface area contributed by atoms with Gasteiger partial charge >= 0.3 is 0 Å². The van der Waals surface area contributed by atoms with Crippen molar-refractivity contribution in [2.45, 2.75) is 17.1 Å². The van der Waals surface area contributed by atoms with E-state index in [1.54, 1.807) is 24.9 Å². The highest BCUT2D eigenvalue weighted by Crippen LogP contribution is 2.31. The first-order chi connectivity index (χ1) is 11.7. The molecule has 3 heterocycles. The summed E-state index contributed by atoms with van der Waals surface area (Å²) in [6, 6.07) is 6.12. The highest BCUT2D eigenvalue weighted by atomic mass is 32.2. The Hall–Kier alpha value is -2.87. The van der Waals surface area contributed by atoms with Crippen LogP contribution in [0.1, 0.15) is 5.56 Å². The Kier molecular flexibility index (Phi) is 3.66. The summed E-state index contributed by atoms with van der Waals surface area (Å²) >= 11 is 1.46. The van der Waals surface area contributed by atoms with E-state index >= 15 is 0 Å². The second-order valence-electron chi connectivity index (χ2n) is 5.26. The highest BCUT2D eigenvalue weighted by molar-refractivity contribution is 7.99. The first-order valence-electron chi connectivity index (χ1n) is 7.27. The van der Waals surface area contributed by atoms with Crippen molar-refractivity contribution >= 4 is 22.7 Å². The summed E-state index contributed by atoms with van der Waals surface area (Å²) in [6.07, 6.45) is 6.50. The maximum absolute atomic E-state index is 4.41. The molecule has 8 heteroatoms. The first kappa shape index (κ1) is 14.7. The molecule has 3 aromatic heterocycles. The van der Waals surface area contributed by atoms with E-state index in [0.717, 1.165) is 26.6 Å². The highest BCUT2D eigenvalue weighted by Gasteiger charge is 2.15. The van der Waals surface area contributed by atoms with Crippen LogP contribution < -0.4 is 0 Å². The standard InChI is InChI=1S/C16H13N7S/c1-10-3-4-12-11(7-10)15(20-9-19-12)24-16-22-21-14(23(16)2)13-8-17-5-6-18-13/h3-9H,1-2H3. The first-order valence-corrected chi connectivity index (χ1v) is 8.09. The second kappa shape index (κ2) is 5.97. The summed E-state index contributed by atoms with van der Waals surface area (Å²) in [7, 11) is 1.90. The summed E-state index contributed by atoms with van der Waals surface area (Å²) in [6.45, 7) is 2.05. The molecule has 1 aromatic carbocycles. The number of fused-ring (bicyclic) bond motifs is 1. The topological polar surface area (TPSA) is 82.3 Å². The van der Waals surface area contributed by atoms with E-state index in [1.165, 1.54) is 11.8 Å². The van der Waals surface area contributed by atoms with E-state index in [-0.39, 0.29) is 0 Å². The van der Waals surface area contributed by atoms with Gasteiger partial charge in [-0.1, -0.05) is 11.6 Å². The molecule has 0 unspecified atom stereocenters. The molecule has 0 aliphatic heterocycles. The van der Waals surface area contributed by atoms with Crippen molar-refractivity contribution in [3.63, 3.8) is 0 Å². The van der Waals surface area contributed by atoms with Crippen LogP contribution in [0.3, 0.4) is 0 Å². The van der Waals surface area contributed by atoms with Gasteiger partial charge in [0.05, 0.1) is 11.7 Å². The Morgan fingerprint density at radius 1 is 1.04 bits per heavy atom. The van der Waals surface area contributed by atoms with E-state index < -0.39 is 0 Å². The van der Waals surface area contributed by atoms with E-state index in [4.69, 9.17) is 0 Å². The van der Waals surface area contributed by atoms with Crippen LogP contribution in [0, 0.1) is 6.92 Å². The molecule has 0 spiro atoms. The summed E-state index contributed by atoms with van der Waals surface area (Å²) in [5.74, 6) is 0.667. The van der Waals surface area contributed by atoms with Crippen LogP contribution in [-0.4, -0.2) is 34.7 Å². The van der Waals surface area contributed by atoms with Gasteiger partial charge in [0, 0.05) is 24.8 Å². The van der Waals surface area contributed by atoms with Gasteiger partial charge < -0.3 is 4.57 Å². The van der Waals surface area contributed by atoms with E-state index in [9.17, 15) is 0 Å². The predicted molar refractivity (Wildman–Crippen MR) is 90.4 cm³/mol. The number of hydrogen-bond donors (Lipinski definition) is 0. The van der Waals surface area contributed by atoms with Crippen molar-refractivity contribution in [1.29, 1.82) is 0 Å². The minimum atomic E-state index is 0.667. The summed E-state index contributed by atoms with van der Waals surface area (Å²) in [4.78, 5) is 17.1. The molecule has 118 valence electrons. The summed E-state index contributed by atoms with van der Waals surface area (Å²) in [5, 5.41) is 11.1. The maximum atomic E-state index is 4.41. The van der Waals surface area contributed by atoms with Crippen molar-refractivity contribution < 1.29 is 0 Å². The molecule has 4 rings (SSSR count). The number of aromatic nitrogens is 7. The van der Waals surface area contributed by atoms with Crippen LogP contribution in [0.4, 0.5) is 0 Å². The van der Waals surface area contributed by atoms with Crippen molar-refractivity contribution in [1.82, 2.24) is 34.7 Å². The fraction of sp³-hybridized carbons (Fsp3) is 0.125. The third-order valence-corrected chi connectivity index (χ3v) is 4.63. The predicted octanol–water partition coefficient (Wildman–Crippen LogP) is 2.67. The van der Waals surface area contributed by atoms with Gasteiger partial charge in [-0.25, -0.2) is 15.0 Å². The molecular formula is C16H13N7S. The SMILES string of the molecule is Cc1ccc2ncnc(Sc3nnc(-c4cnccn4)n3C)c2c1. The second-order valence-corrected chi connectivity index (χ2v) is 6.21. The Bertz CT molecular complexity index is 1010. The van der Waals surface area contributed by atoms with Gasteiger partial charge in [-0.15, -0.1) is 10.2 Å². The third-order valence-electron chi connectivity index (χ3n) is 3.57. The number of aryl methyl sites for hydroxylation is 1. The Morgan fingerprint density at radius 2 is 1.96 bits per heavy atom. The molecule has 24 heavy (non-hydrogen) atoms. The van der Waals surface area contributed by atoms with Crippen LogP contribution in [0.25, 0.3) is 22.4 Å². The average Bonchev–Trinajstić information content (AvgIpc) is 2.97. The van der Waals surface area contributed by atoms with Gasteiger partial charge in [-0.2, -0.15) is 0 Å². The fourth-order valence-electron chi connectivity index (χ4n) is 2.36. The van der Waals surface area contributed by atoms with Gasteiger partial charge in [-0.05, 0) is 30.8 Å². The smallest absolute Gasteiger partial charge is 0.197 e. The lowest BCUT2D eigenvalue weighted by Crippen LogP contribution is -1.97. The van der Waals surface area contributed by atoms with Crippen molar-refractivity contribution in [3.8, 4) is 11.5 Å². The van der Waals surface area contributed by atoms with Crippen LogP contribution >= 0.6 is 11.8 Å². The Labute approximate surface area is 142 Å². The van der Waals surface area contributed by atoms with Gasteiger partial charge in [0.1, 0.15) is 17.0 Å². The normalized spacial score (nSPS) is 11.1. The number of benzene rings is 1. The quantitative estimate of drug-likeness (QED) is 0.532. The molecule has 0 aliphatic carbocycles. The number of rotatable bonds is 3. The zero-order chi connectivity index (χ0) is 16.5. The maximum Gasteiger partial charge on any atom is 0.197 e. The molecular weight excluding hydrogens is 322 g/mol. The minimum Gasteiger partial charge on any atom is -0.303 e. The van der Waals surface area contributed by atoms with Crippen LogP contribution in [0.2, 0.25) is 0 Å². The van der Waals surface area contributed by atoms with E-state index in [2.05, 4.69) is 43.1 Å². The molecule has 0 saturated carbocycles. The number of hydrogen-bond acceptors (Lipinski definition) is 7. The molecule has 7 nitrogen and oxygen atoms in total. The van der Waals surface area contributed by atoms with E-state index in [1.807, 2.05) is 23.7 Å². The molecule has 0 saturated heterocycles. The lowest BCUT2D eigenvalue weighted by Gasteiger charge is -2.05. The van der Waals surface area contributed by atoms with Gasteiger partial charge in [0.25, 0.3) is 0 Å². The average molecular weight is 335 g/mol. The van der Waals surface area contributed by atoms with Gasteiger partial charge in [0.2, 0.25) is 0 Å². The lowest BCUT2D eigenvalue weighted by atomic mass is 10.2. The molecule has 0 radical (unpaired) electrons. The van der Waals surface area contributed by atoms with E-state index in [0.29, 0.717) is 11.5 Å². The van der Waals surface area contributed by atoms with Crippen LogP contribution in [0.5, 0.6) is 0 Å². The van der Waals surface area contributed by atoms with Crippen molar-refractivity contribution in [2.24, 2.45) is 7.05 Å². The van der Waals surface area contributed by atoms with Crippen LogP contribution in [0.15, 0.2) is 53.3 Å². The molecule has 4 aromatic rings. The number of nitrogens with zero attached hydrogens (tertiary/aromatic N) is 7. The third kappa shape index (κ3) is 2.61. The molecule has 0 atom stereocenters. The summed E-state index contributed by atoms with van der Waals surface area (Å²) < 4.78 is 1.89. The fourth-order valence-corrected chi connectivity index (χ4v) is 3.21. The van der Waals surface area contributed by atoms with Gasteiger partial charge in [-0.3, -0.25) is 4.98 Å². The zero-order valence-corrected chi connectivity index (χ0v) is 13.9. The van der Waals surface area contributed by atoms with Crippen LogP contribution in [-0.2, 0) is 7.05 Å². The molecule has 0 N–H and O–H groups in total. The van der Waals surface area contributed by atoms with Gasteiger partial charge in [0.15, 0.2) is 11.0 Å². The summed E-state index contributed by atoms with van der Waals surface area (Å²) in [5.41, 5.74) is 2.76. The monoisotopic (exact) mass is 335 g/mol. The van der Waals surface area contributed by atoms with Crippen molar-refractivity contribution in [2.75, 3.05) is 0 Å². The Morgan fingerprint density at radius 3 is 2.79 bits per heavy atom. The molecule has 0 fully saturated rings. The molecule has 0 bridgehead atoms. The molecule has 0 aliphatic rings. The Balaban J connectivity index is 1.75. The molecule has 0 amide bonds. The minimum absolute atomic E-state index is 0.667. The van der Waals surface area contributed by atoms with Crippen molar-refractivity contribution in [3.05, 3.63) is 48.7 Å².